The Labute approximate surface area is 188 Å². The Hall–Kier alpha value is -3.22. The summed E-state index contributed by atoms with van der Waals surface area (Å²) in [5.74, 6) is 1.38. The minimum Gasteiger partial charge on any atom is -0.383 e. The molecule has 1 atom stereocenters. The number of benzene rings is 1. The molecule has 0 radical (unpaired) electrons. The van der Waals surface area contributed by atoms with E-state index in [-0.39, 0.29) is 11.8 Å². The molecular weight excluding hydrogens is 400 g/mol. The predicted octanol–water partition coefficient (Wildman–Crippen LogP) is 3.93. The standard InChI is InChI=1S/C25H30N6O/c1-17-27-23(26)21-10-11-22(29-24(21)28-17)19-8-6-14-31(16-19)25(32)18-7-5-9-20(15-18)30-12-3-2-4-13-30/h5,7,9-11,15,19H,2-4,6,8,12-14,16H2,1H3,(H2,26,27,28,29). The van der Waals surface area contributed by atoms with Gasteiger partial charge in [0.1, 0.15) is 11.6 Å². The van der Waals surface area contributed by atoms with Crippen LogP contribution in [0.5, 0.6) is 0 Å². The van der Waals surface area contributed by atoms with Gasteiger partial charge in [-0.3, -0.25) is 4.79 Å². The fourth-order valence-electron chi connectivity index (χ4n) is 4.96. The first-order valence-corrected chi connectivity index (χ1v) is 11.6. The van der Waals surface area contributed by atoms with E-state index in [0.717, 1.165) is 54.8 Å². The van der Waals surface area contributed by atoms with Crippen LogP contribution in [0, 0.1) is 6.92 Å². The number of aromatic nitrogens is 3. The Balaban J connectivity index is 1.35. The highest BCUT2D eigenvalue weighted by atomic mass is 16.2. The van der Waals surface area contributed by atoms with Gasteiger partial charge >= 0.3 is 0 Å². The second-order valence-corrected chi connectivity index (χ2v) is 8.95. The van der Waals surface area contributed by atoms with Crippen molar-refractivity contribution in [3.05, 3.63) is 53.5 Å². The monoisotopic (exact) mass is 430 g/mol. The number of nitrogens with zero attached hydrogens (tertiary/aromatic N) is 5. The predicted molar refractivity (Wildman–Crippen MR) is 127 cm³/mol. The summed E-state index contributed by atoms with van der Waals surface area (Å²) in [5.41, 5.74) is 9.56. The molecule has 1 amide bonds. The lowest BCUT2D eigenvalue weighted by atomic mass is 9.93. The van der Waals surface area contributed by atoms with E-state index >= 15 is 0 Å². The number of hydrogen-bond donors (Lipinski definition) is 1. The van der Waals surface area contributed by atoms with Crippen molar-refractivity contribution in [2.75, 3.05) is 36.8 Å². The van der Waals surface area contributed by atoms with Crippen LogP contribution >= 0.6 is 0 Å². The number of pyridine rings is 1. The Morgan fingerprint density at radius 3 is 2.69 bits per heavy atom. The van der Waals surface area contributed by atoms with Crippen LogP contribution in [0.2, 0.25) is 0 Å². The molecule has 32 heavy (non-hydrogen) atoms. The molecule has 2 aliphatic rings. The number of carbonyl (C=O) groups is 1. The van der Waals surface area contributed by atoms with E-state index in [0.29, 0.717) is 23.8 Å². The summed E-state index contributed by atoms with van der Waals surface area (Å²) in [5, 5.41) is 0.776. The Morgan fingerprint density at radius 1 is 1.00 bits per heavy atom. The first-order valence-electron chi connectivity index (χ1n) is 11.6. The molecule has 2 saturated heterocycles. The van der Waals surface area contributed by atoms with Crippen molar-refractivity contribution in [2.45, 2.75) is 44.9 Å². The quantitative estimate of drug-likeness (QED) is 0.677. The molecule has 2 aliphatic heterocycles. The molecule has 1 unspecified atom stereocenters. The summed E-state index contributed by atoms with van der Waals surface area (Å²) in [6, 6.07) is 12.1. The normalized spacial score (nSPS) is 19.3. The van der Waals surface area contributed by atoms with Crippen molar-refractivity contribution in [2.24, 2.45) is 0 Å². The fraction of sp³-hybridized carbons (Fsp3) is 0.440. The Kier molecular flexibility index (Phi) is 5.64. The first-order chi connectivity index (χ1) is 15.6. The minimum absolute atomic E-state index is 0.108. The van der Waals surface area contributed by atoms with Gasteiger partial charge in [-0.1, -0.05) is 6.07 Å². The lowest BCUT2D eigenvalue weighted by Crippen LogP contribution is -2.39. The minimum atomic E-state index is 0.108. The molecule has 5 rings (SSSR count). The molecule has 166 valence electrons. The van der Waals surface area contributed by atoms with Crippen LogP contribution in [0.1, 0.15) is 59.9 Å². The maximum absolute atomic E-state index is 13.4. The van der Waals surface area contributed by atoms with E-state index in [2.05, 4.69) is 27.0 Å². The second kappa shape index (κ2) is 8.73. The third-order valence-corrected chi connectivity index (χ3v) is 6.66. The fourth-order valence-corrected chi connectivity index (χ4v) is 4.96. The van der Waals surface area contributed by atoms with Crippen LogP contribution in [-0.2, 0) is 0 Å². The van der Waals surface area contributed by atoms with Crippen molar-refractivity contribution in [3.63, 3.8) is 0 Å². The SMILES string of the molecule is Cc1nc(N)c2ccc(C3CCCN(C(=O)c4cccc(N5CCCCC5)c4)C3)nc2n1. The molecule has 2 fully saturated rings. The summed E-state index contributed by atoms with van der Waals surface area (Å²) in [6.45, 7) is 5.42. The van der Waals surface area contributed by atoms with Crippen LogP contribution in [0.3, 0.4) is 0 Å². The lowest BCUT2D eigenvalue weighted by molar-refractivity contribution is 0.0706. The van der Waals surface area contributed by atoms with Crippen LogP contribution in [-0.4, -0.2) is 51.9 Å². The number of nitrogens with two attached hydrogens (primary N) is 1. The zero-order valence-corrected chi connectivity index (χ0v) is 18.6. The van der Waals surface area contributed by atoms with Gasteiger partial charge in [0.25, 0.3) is 5.91 Å². The van der Waals surface area contributed by atoms with Crippen LogP contribution in [0.15, 0.2) is 36.4 Å². The number of amides is 1. The van der Waals surface area contributed by atoms with Crippen molar-refractivity contribution < 1.29 is 4.79 Å². The number of anilines is 2. The molecule has 3 aromatic rings. The summed E-state index contributed by atoms with van der Waals surface area (Å²) in [7, 11) is 0. The van der Waals surface area contributed by atoms with Gasteiger partial charge < -0.3 is 15.5 Å². The zero-order chi connectivity index (χ0) is 22.1. The first kappa shape index (κ1) is 20.7. The molecule has 0 spiro atoms. The average Bonchev–Trinajstić information content (AvgIpc) is 2.84. The molecule has 0 aliphatic carbocycles. The Morgan fingerprint density at radius 2 is 1.84 bits per heavy atom. The number of likely N-dealkylation sites (tertiary alicyclic amines) is 1. The molecule has 2 aromatic heterocycles. The number of piperidine rings is 2. The number of fused-ring (bicyclic) bond motifs is 1. The van der Waals surface area contributed by atoms with Gasteiger partial charge in [0.15, 0.2) is 5.65 Å². The second-order valence-electron chi connectivity index (χ2n) is 8.95. The highest BCUT2D eigenvalue weighted by Gasteiger charge is 2.27. The average molecular weight is 431 g/mol. The van der Waals surface area contributed by atoms with E-state index in [1.54, 1.807) is 0 Å². The third kappa shape index (κ3) is 4.11. The maximum atomic E-state index is 13.4. The summed E-state index contributed by atoms with van der Waals surface area (Å²) < 4.78 is 0. The van der Waals surface area contributed by atoms with Crippen LogP contribution in [0.25, 0.3) is 11.0 Å². The summed E-state index contributed by atoms with van der Waals surface area (Å²) in [6.07, 6.45) is 5.72. The van der Waals surface area contributed by atoms with Crippen LogP contribution in [0.4, 0.5) is 11.5 Å². The number of aryl methyl sites for hydroxylation is 1. The number of rotatable bonds is 3. The molecule has 0 bridgehead atoms. The van der Waals surface area contributed by atoms with Crippen LogP contribution < -0.4 is 10.6 Å². The summed E-state index contributed by atoms with van der Waals surface area (Å²) >= 11 is 0. The molecule has 4 heterocycles. The maximum Gasteiger partial charge on any atom is 0.253 e. The highest BCUT2D eigenvalue weighted by molar-refractivity contribution is 5.95. The zero-order valence-electron chi connectivity index (χ0n) is 18.6. The largest absolute Gasteiger partial charge is 0.383 e. The third-order valence-electron chi connectivity index (χ3n) is 6.66. The van der Waals surface area contributed by atoms with E-state index in [9.17, 15) is 4.79 Å². The molecule has 7 heteroatoms. The van der Waals surface area contributed by atoms with Gasteiger partial charge in [0, 0.05) is 49.0 Å². The number of nitrogen functional groups attached to an aromatic ring is 1. The topological polar surface area (TPSA) is 88.2 Å². The van der Waals surface area contributed by atoms with Crippen molar-refractivity contribution in [1.82, 2.24) is 19.9 Å². The summed E-state index contributed by atoms with van der Waals surface area (Å²) in [4.78, 5) is 31.2. The van der Waals surface area contributed by atoms with E-state index < -0.39 is 0 Å². The van der Waals surface area contributed by atoms with Gasteiger partial charge in [0.05, 0.1) is 5.39 Å². The lowest BCUT2D eigenvalue weighted by Gasteiger charge is -2.33. The van der Waals surface area contributed by atoms with Gasteiger partial charge in [-0.25, -0.2) is 15.0 Å². The van der Waals surface area contributed by atoms with Gasteiger partial charge in [0.2, 0.25) is 0 Å². The number of hydrogen-bond acceptors (Lipinski definition) is 6. The molecule has 2 N–H and O–H groups in total. The Bertz CT molecular complexity index is 1140. The molecule has 7 nitrogen and oxygen atoms in total. The molecular formula is C25H30N6O. The smallest absolute Gasteiger partial charge is 0.253 e. The van der Waals surface area contributed by atoms with E-state index in [1.165, 1.54) is 19.3 Å². The van der Waals surface area contributed by atoms with E-state index in [4.69, 9.17) is 10.7 Å². The molecule has 0 saturated carbocycles. The van der Waals surface area contributed by atoms with E-state index in [1.807, 2.05) is 36.1 Å². The van der Waals surface area contributed by atoms with Crippen molar-refractivity contribution >= 4 is 28.4 Å². The van der Waals surface area contributed by atoms with Gasteiger partial charge in [-0.15, -0.1) is 0 Å². The van der Waals surface area contributed by atoms with Gasteiger partial charge in [-0.2, -0.15) is 0 Å². The van der Waals surface area contributed by atoms with Crippen molar-refractivity contribution in [3.8, 4) is 0 Å². The van der Waals surface area contributed by atoms with Gasteiger partial charge in [-0.05, 0) is 69.4 Å². The molecule has 1 aromatic carbocycles. The number of carbonyl (C=O) groups excluding carboxylic acids is 1. The van der Waals surface area contributed by atoms with Crippen molar-refractivity contribution in [1.29, 1.82) is 0 Å². The highest BCUT2D eigenvalue weighted by Crippen LogP contribution is 2.29.